The first kappa shape index (κ1) is 15.7. The van der Waals surface area contributed by atoms with Crippen LogP contribution >= 0.6 is 0 Å². The van der Waals surface area contributed by atoms with Gasteiger partial charge in [-0.25, -0.2) is 8.42 Å². The Morgan fingerprint density at radius 2 is 2.14 bits per heavy atom. The summed E-state index contributed by atoms with van der Waals surface area (Å²) in [5.41, 5.74) is 2.38. The van der Waals surface area contributed by atoms with Crippen LogP contribution in [0.3, 0.4) is 0 Å². The van der Waals surface area contributed by atoms with Crippen molar-refractivity contribution in [3.63, 3.8) is 0 Å². The summed E-state index contributed by atoms with van der Waals surface area (Å²) >= 11 is 0. The highest BCUT2D eigenvalue weighted by Gasteiger charge is 2.35. The number of nitrogens with one attached hydrogen (secondary N) is 1. The van der Waals surface area contributed by atoms with Gasteiger partial charge in [-0.3, -0.25) is 16.0 Å². The quantitative estimate of drug-likeness (QED) is 0.492. The lowest BCUT2D eigenvalue weighted by molar-refractivity contribution is -0.384. The second kappa shape index (κ2) is 5.58. The number of hydrogen-bond donors (Lipinski definition) is 2. The van der Waals surface area contributed by atoms with E-state index < -0.39 is 14.9 Å². The minimum atomic E-state index is -3.74. The Morgan fingerprint density at radius 3 is 2.62 bits per heavy atom. The van der Waals surface area contributed by atoms with Gasteiger partial charge in [0.1, 0.15) is 5.69 Å². The molecule has 2 rings (SSSR count). The van der Waals surface area contributed by atoms with Gasteiger partial charge < -0.3 is 5.43 Å². The lowest BCUT2D eigenvalue weighted by atomic mass is 10.2. The smallest absolute Gasteiger partial charge is 0.295 e. The monoisotopic (exact) mass is 314 g/mol. The predicted octanol–water partition coefficient (Wildman–Crippen LogP) is 1.36. The van der Waals surface area contributed by atoms with Gasteiger partial charge in [0.2, 0.25) is 10.0 Å². The predicted molar refractivity (Wildman–Crippen MR) is 78.2 cm³/mol. The summed E-state index contributed by atoms with van der Waals surface area (Å²) in [4.78, 5) is 10.4. The van der Waals surface area contributed by atoms with E-state index in [-0.39, 0.29) is 22.3 Å². The maximum atomic E-state index is 12.7. The van der Waals surface area contributed by atoms with Gasteiger partial charge in [-0.1, -0.05) is 0 Å². The van der Waals surface area contributed by atoms with Gasteiger partial charge in [-0.2, -0.15) is 4.31 Å². The number of nitrogens with two attached hydrogens (primary N) is 1. The average Bonchev–Trinajstić information content (AvgIpc) is 2.84. The van der Waals surface area contributed by atoms with E-state index in [0.717, 1.165) is 18.9 Å². The zero-order valence-corrected chi connectivity index (χ0v) is 12.7. The van der Waals surface area contributed by atoms with Gasteiger partial charge in [0.05, 0.1) is 9.82 Å². The fraction of sp³-hybridized carbons (Fsp3) is 0.500. The van der Waals surface area contributed by atoms with Crippen molar-refractivity contribution in [3.8, 4) is 0 Å². The van der Waals surface area contributed by atoms with Crippen LogP contribution in [0.5, 0.6) is 0 Å². The van der Waals surface area contributed by atoms with Crippen LogP contribution in [0.15, 0.2) is 17.0 Å². The fourth-order valence-corrected chi connectivity index (χ4v) is 4.54. The van der Waals surface area contributed by atoms with E-state index in [4.69, 9.17) is 5.84 Å². The Kier molecular flexibility index (Phi) is 4.17. The normalized spacial score (nSPS) is 19.7. The van der Waals surface area contributed by atoms with E-state index in [1.165, 1.54) is 10.4 Å². The Morgan fingerprint density at radius 1 is 1.48 bits per heavy atom. The molecule has 1 unspecified atom stereocenters. The summed E-state index contributed by atoms with van der Waals surface area (Å²) in [6.45, 7) is 3.87. The lowest BCUT2D eigenvalue weighted by Crippen LogP contribution is -2.34. The minimum Gasteiger partial charge on any atom is -0.318 e. The van der Waals surface area contributed by atoms with Crippen LogP contribution in [0.2, 0.25) is 0 Å². The third kappa shape index (κ3) is 2.71. The molecule has 116 valence electrons. The van der Waals surface area contributed by atoms with Crippen LogP contribution in [-0.2, 0) is 10.0 Å². The molecule has 1 aliphatic heterocycles. The highest BCUT2D eigenvalue weighted by molar-refractivity contribution is 7.89. The first-order valence-electron chi connectivity index (χ1n) is 6.56. The standard InChI is InChI=1S/C12H18N4O4S/c1-8-6-10(14-13)11(16(17)18)7-12(8)21(19,20)15-5-3-4-9(15)2/h6-7,9,14H,3-5,13H2,1-2H3. The molecule has 21 heavy (non-hydrogen) atoms. The molecule has 0 radical (unpaired) electrons. The Hall–Kier alpha value is -1.71. The van der Waals surface area contributed by atoms with E-state index >= 15 is 0 Å². The molecule has 0 saturated carbocycles. The van der Waals surface area contributed by atoms with Crippen molar-refractivity contribution >= 4 is 21.4 Å². The summed E-state index contributed by atoms with van der Waals surface area (Å²) in [5, 5.41) is 11.1. The van der Waals surface area contributed by atoms with Crippen LogP contribution in [0, 0.1) is 17.0 Å². The Labute approximate surface area is 123 Å². The van der Waals surface area contributed by atoms with Gasteiger partial charge in [0.25, 0.3) is 5.69 Å². The van der Waals surface area contributed by atoms with Gasteiger partial charge >= 0.3 is 0 Å². The topological polar surface area (TPSA) is 119 Å². The summed E-state index contributed by atoms with van der Waals surface area (Å²) < 4.78 is 26.8. The highest BCUT2D eigenvalue weighted by Crippen LogP contribution is 2.33. The number of nitro benzene ring substituents is 1. The molecule has 0 amide bonds. The van der Waals surface area contributed by atoms with Gasteiger partial charge in [0.15, 0.2) is 0 Å². The third-order valence-corrected chi connectivity index (χ3v) is 5.88. The molecule has 0 aromatic heterocycles. The first-order valence-corrected chi connectivity index (χ1v) is 8.00. The average molecular weight is 314 g/mol. The molecule has 1 saturated heterocycles. The van der Waals surface area contributed by atoms with Crippen LogP contribution in [0.25, 0.3) is 0 Å². The number of hydrogen-bond acceptors (Lipinski definition) is 6. The largest absolute Gasteiger partial charge is 0.318 e. The zero-order chi connectivity index (χ0) is 15.8. The molecular weight excluding hydrogens is 296 g/mol. The number of sulfonamides is 1. The number of aryl methyl sites for hydroxylation is 1. The molecule has 1 aromatic carbocycles. The molecule has 8 nitrogen and oxygen atoms in total. The van der Waals surface area contributed by atoms with E-state index in [1.807, 2.05) is 6.92 Å². The number of anilines is 1. The number of benzene rings is 1. The number of hydrazine groups is 1. The fourth-order valence-electron chi connectivity index (χ4n) is 2.61. The van der Waals surface area contributed by atoms with Crippen molar-refractivity contribution in [2.45, 2.75) is 37.6 Å². The molecule has 3 N–H and O–H groups in total. The maximum absolute atomic E-state index is 12.7. The Balaban J connectivity index is 2.58. The van der Waals surface area contributed by atoms with Gasteiger partial charge in [-0.15, -0.1) is 0 Å². The number of nitrogen functional groups attached to an aromatic ring is 1. The van der Waals surface area contributed by atoms with Crippen LogP contribution in [0.1, 0.15) is 25.3 Å². The lowest BCUT2D eigenvalue weighted by Gasteiger charge is -2.22. The molecule has 0 spiro atoms. The van der Waals surface area contributed by atoms with E-state index in [9.17, 15) is 18.5 Å². The summed E-state index contributed by atoms with van der Waals surface area (Å²) in [5.74, 6) is 5.25. The van der Waals surface area contributed by atoms with Crippen molar-refractivity contribution < 1.29 is 13.3 Å². The molecule has 1 aliphatic rings. The number of nitro groups is 1. The summed E-state index contributed by atoms with van der Waals surface area (Å²) in [7, 11) is -3.74. The molecular formula is C12H18N4O4S. The molecule has 1 aromatic rings. The minimum absolute atomic E-state index is 0.0399. The first-order chi connectivity index (χ1) is 9.78. The Bertz CT molecular complexity index is 674. The molecule has 1 heterocycles. The van der Waals surface area contributed by atoms with Crippen molar-refractivity contribution in [2.24, 2.45) is 5.84 Å². The molecule has 0 bridgehead atoms. The second-order valence-electron chi connectivity index (χ2n) is 5.14. The molecule has 9 heteroatoms. The van der Waals surface area contributed by atoms with Gasteiger partial charge in [0, 0.05) is 18.7 Å². The third-order valence-electron chi connectivity index (χ3n) is 3.72. The molecule has 1 fully saturated rings. The van der Waals surface area contributed by atoms with Crippen molar-refractivity contribution in [3.05, 3.63) is 27.8 Å². The SMILES string of the molecule is Cc1cc(NN)c([N+](=O)[O-])cc1S(=O)(=O)N1CCCC1C. The van der Waals surface area contributed by atoms with Crippen LogP contribution in [0.4, 0.5) is 11.4 Å². The van der Waals surface area contributed by atoms with Crippen molar-refractivity contribution in [2.75, 3.05) is 12.0 Å². The van der Waals surface area contributed by atoms with Crippen molar-refractivity contribution in [1.29, 1.82) is 0 Å². The number of rotatable bonds is 4. The van der Waals surface area contributed by atoms with Gasteiger partial charge in [-0.05, 0) is 38.3 Å². The number of nitrogens with zero attached hydrogens (tertiary/aromatic N) is 2. The molecule has 1 atom stereocenters. The summed E-state index contributed by atoms with van der Waals surface area (Å²) in [6.07, 6.45) is 1.59. The van der Waals surface area contributed by atoms with E-state index in [1.54, 1.807) is 6.92 Å². The van der Waals surface area contributed by atoms with Crippen LogP contribution < -0.4 is 11.3 Å². The van der Waals surface area contributed by atoms with Crippen molar-refractivity contribution in [1.82, 2.24) is 4.31 Å². The van der Waals surface area contributed by atoms with E-state index in [0.29, 0.717) is 12.1 Å². The zero-order valence-electron chi connectivity index (χ0n) is 11.9. The summed E-state index contributed by atoms with van der Waals surface area (Å²) in [6, 6.07) is 2.36. The maximum Gasteiger partial charge on any atom is 0.295 e. The molecule has 0 aliphatic carbocycles. The highest BCUT2D eigenvalue weighted by atomic mass is 32.2. The second-order valence-corrected chi connectivity index (χ2v) is 7.00. The van der Waals surface area contributed by atoms with Crippen LogP contribution in [-0.4, -0.2) is 30.2 Å². The van der Waals surface area contributed by atoms with E-state index in [2.05, 4.69) is 5.43 Å².